The van der Waals surface area contributed by atoms with Gasteiger partial charge in [0.2, 0.25) is 0 Å². The zero-order valence-electron chi connectivity index (χ0n) is 10.9. The molecule has 0 atom stereocenters. The van der Waals surface area contributed by atoms with Crippen molar-refractivity contribution in [1.82, 2.24) is 9.97 Å². The van der Waals surface area contributed by atoms with Crippen LogP contribution in [0.25, 0.3) is 11.1 Å². The van der Waals surface area contributed by atoms with Crippen LogP contribution in [-0.2, 0) is 0 Å². The monoisotopic (exact) mass is 303 g/mol. The lowest BCUT2D eigenvalue weighted by Crippen LogP contribution is -2.13. The molecule has 0 fully saturated rings. The quantitative estimate of drug-likeness (QED) is 0.762. The molecule has 2 N–H and O–H groups in total. The molecule has 0 saturated carbocycles. The Morgan fingerprint density at radius 2 is 2.19 bits per heavy atom. The summed E-state index contributed by atoms with van der Waals surface area (Å²) in [7, 11) is 0. The highest BCUT2D eigenvalue weighted by Crippen LogP contribution is 2.20. The lowest BCUT2D eigenvalue weighted by molar-refractivity contribution is 0.102. The highest BCUT2D eigenvalue weighted by molar-refractivity contribution is 6.34. The zero-order valence-corrected chi connectivity index (χ0v) is 11.7. The molecular formula is C14H10ClN3O3. The third-order valence-corrected chi connectivity index (χ3v) is 3.22. The van der Waals surface area contributed by atoms with E-state index >= 15 is 0 Å². The van der Waals surface area contributed by atoms with Crippen LogP contribution >= 0.6 is 11.6 Å². The molecule has 2 heterocycles. The summed E-state index contributed by atoms with van der Waals surface area (Å²) in [6, 6.07) is 6.45. The van der Waals surface area contributed by atoms with Crippen molar-refractivity contribution in [3.05, 3.63) is 57.3 Å². The molecule has 3 aromatic rings. The highest BCUT2D eigenvalue weighted by atomic mass is 35.5. The Kier molecular flexibility index (Phi) is 3.23. The number of rotatable bonds is 2. The zero-order chi connectivity index (χ0) is 15.0. The van der Waals surface area contributed by atoms with Crippen molar-refractivity contribution < 1.29 is 9.21 Å². The Hall–Kier alpha value is -2.60. The summed E-state index contributed by atoms with van der Waals surface area (Å²) < 4.78 is 4.89. The van der Waals surface area contributed by atoms with Crippen LogP contribution in [0, 0.1) is 6.92 Å². The molecule has 6 nitrogen and oxygen atoms in total. The first-order valence-electron chi connectivity index (χ1n) is 6.09. The topological polar surface area (TPSA) is 88.0 Å². The summed E-state index contributed by atoms with van der Waals surface area (Å²) in [5.41, 5.74) is 2.46. The summed E-state index contributed by atoms with van der Waals surface area (Å²) in [4.78, 5) is 29.8. The predicted molar refractivity (Wildman–Crippen MR) is 78.8 cm³/mol. The van der Waals surface area contributed by atoms with Gasteiger partial charge in [-0.1, -0.05) is 11.6 Å². The SMILES string of the molecule is Cc1cc(Cl)c(C(=O)Nc2ccc3oc(=O)[nH]c3c2)cn1. The van der Waals surface area contributed by atoms with E-state index in [0.717, 1.165) is 5.69 Å². The van der Waals surface area contributed by atoms with Crippen molar-refractivity contribution in [2.75, 3.05) is 5.32 Å². The number of fused-ring (bicyclic) bond motifs is 1. The van der Waals surface area contributed by atoms with Crippen LogP contribution in [0.4, 0.5) is 5.69 Å². The van der Waals surface area contributed by atoms with Crippen molar-refractivity contribution in [2.45, 2.75) is 6.92 Å². The number of benzene rings is 1. The number of carbonyl (C=O) groups is 1. The Balaban J connectivity index is 1.90. The second-order valence-corrected chi connectivity index (χ2v) is 4.89. The fourth-order valence-corrected chi connectivity index (χ4v) is 2.21. The Bertz CT molecular complexity index is 898. The molecule has 0 unspecified atom stereocenters. The first-order chi connectivity index (χ1) is 10.0. The van der Waals surface area contributed by atoms with Crippen molar-refractivity contribution in [2.24, 2.45) is 0 Å². The lowest BCUT2D eigenvalue weighted by Gasteiger charge is -2.06. The number of nitrogens with zero attached hydrogens (tertiary/aromatic N) is 1. The summed E-state index contributed by atoms with van der Waals surface area (Å²) in [6.45, 7) is 1.79. The van der Waals surface area contributed by atoms with Gasteiger partial charge in [-0.05, 0) is 31.2 Å². The van der Waals surface area contributed by atoms with Crippen molar-refractivity contribution >= 4 is 34.3 Å². The third kappa shape index (κ3) is 2.66. The van der Waals surface area contributed by atoms with E-state index in [4.69, 9.17) is 16.0 Å². The lowest BCUT2D eigenvalue weighted by atomic mass is 10.2. The van der Waals surface area contributed by atoms with E-state index in [1.54, 1.807) is 31.2 Å². The molecule has 106 valence electrons. The fourth-order valence-electron chi connectivity index (χ4n) is 1.92. The summed E-state index contributed by atoms with van der Waals surface area (Å²) in [6.07, 6.45) is 1.42. The first kappa shape index (κ1) is 13.4. The number of aromatic amines is 1. The van der Waals surface area contributed by atoms with E-state index in [-0.39, 0.29) is 11.5 Å². The number of amides is 1. The van der Waals surface area contributed by atoms with Gasteiger partial charge in [-0.3, -0.25) is 14.8 Å². The van der Waals surface area contributed by atoms with Gasteiger partial charge in [0.05, 0.1) is 16.1 Å². The van der Waals surface area contributed by atoms with Crippen LogP contribution < -0.4 is 11.1 Å². The highest BCUT2D eigenvalue weighted by Gasteiger charge is 2.12. The largest absolute Gasteiger partial charge is 0.417 e. The molecule has 0 aliphatic heterocycles. The standard InChI is InChI=1S/C14H10ClN3O3/c1-7-4-10(15)9(6-16-7)13(19)17-8-2-3-12-11(5-8)18-14(20)21-12/h2-6H,1H3,(H,17,19)(H,18,20). The van der Waals surface area contributed by atoms with E-state index in [1.807, 2.05) is 0 Å². The summed E-state index contributed by atoms with van der Waals surface area (Å²) in [5.74, 6) is -0.919. The molecule has 0 saturated heterocycles. The molecule has 1 amide bonds. The molecule has 3 rings (SSSR count). The molecule has 2 aromatic heterocycles. The van der Waals surface area contributed by atoms with Crippen LogP contribution in [0.3, 0.4) is 0 Å². The number of aromatic nitrogens is 2. The number of carbonyl (C=O) groups excluding carboxylic acids is 1. The predicted octanol–water partition coefficient (Wildman–Crippen LogP) is 2.73. The van der Waals surface area contributed by atoms with E-state index < -0.39 is 5.76 Å². The molecular weight excluding hydrogens is 294 g/mol. The van der Waals surface area contributed by atoms with Gasteiger partial charge in [-0.2, -0.15) is 0 Å². The van der Waals surface area contributed by atoms with Gasteiger partial charge in [0.25, 0.3) is 5.91 Å². The van der Waals surface area contributed by atoms with Gasteiger partial charge in [0.15, 0.2) is 5.58 Å². The maximum atomic E-state index is 12.2. The molecule has 0 radical (unpaired) electrons. The molecule has 21 heavy (non-hydrogen) atoms. The number of H-pyrrole nitrogens is 1. The molecule has 0 aliphatic rings. The molecule has 0 spiro atoms. The van der Waals surface area contributed by atoms with Crippen molar-refractivity contribution in [3.8, 4) is 0 Å². The molecule has 0 aliphatic carbocycles. The van der Waals surface area contributed by atoms with E-state index in [0.29, 0.717) is 21.8 Å². The fraction of sp³-hybridized carbons (Fsp3) is 0.0714. The minimum atomic E-state index is -0.542. The average molecular weight is 304 g/mol. The summed E-state index contributed by atoms with van der Waals surface area (Å²) >= 11 is 6.03. The Labute approximate surface area is 123 Å². The van der Waals surface area contributed by atoms with Crippen LogP contribution in [0.15, 0.2) is 39.7 Å². The number of oxazole rings is 1. The minimum Gasteiger partial charge on any atom is -0.408 e. The maximum Gasteiger partial charge on any atom is 0.417 e. The van der Waals surface area contributed by atoms with Gasteiger partial charge in [-0.15, -0.1) is 0 Å². The smallest absolute Gasteiger partial charge is 0.408 e. The Morgan fingerprint density at radius 1 is 1.38 bits per heavy atom. The van der Waals surface area contributed by atoms with Gasteiger partial charge >= 0.3 is 5.76 Å². The van der Waals surface area contributed by atoms with E-state index in [1.165, 1.54) is 6.20 Å². The average Bonchev–Trinajstić information content (AvgIpc) is 2.77. The van der Waals surface area contributed by atoms with Gasteiger partial charge in [0, 0.05) is 17.6 Å². The number of pyridine rings is 1. The van der Waals surface area contributed by atoms with Crippen LogP contribution in [0.5, 0.6) is 0 Å². The van der Waals surface area contributed by atoms with Crippen molar-refractivity contribution in [3.63, 3.8) is 0 Å². The van der Waals surface area contributed by atoms with Crippen molar-refractivity contribution in [1.29, 1.82) is 0 Å². The van der Waals surface area contributed by atoms with Gasteiger partial charge in [0.1, 0.15) is 0 Å². The van der Waals surface area contributed by atoms with Gasteiger partial charge in [-0.25, -0.2) is 4.79 Å². The van der Waals surface area contributed by atoms with Crippen LogP contribution in [0.1, 0.15) is 16.1 Å². The molecule has 0 bridgehead atoms. The second-order valence-electron chi connectivity index (χ2n) is 4.49. The second kappa shape index (κ2) is 5.06. The van der Waals surface area contributed by atoms with Crippen LogP contribution in [-0.4, -0.2) is 15.9 Å². The minimum absolute atomic E-state index is 0.281. The number of nitrogens with one attached hydrogen (secondary N) is 2. The number of hydrogen-bond donors (Lipinski definition) is 2. The van der Waals surface area contributed by atoms with E-state index in [9.17, 15) is 9.59 Å². The van der Waals surface area contributed by atoms with Gasteiger partial charge < -0.3 is 9.73 Å². The number of halogens is 1. The number of aryl methyl sites for hydroxylation is 1. The third-order valence-electron chi connectivity index (χ3n) is 2.91. The number of anilines is 1. The maximum absolute atomic E-state index is 12.2. The van der Waals surface area contributed by atoms with Crippen LogP contribution in [0.2, 0.25) is 5.02 Å². The first-order valence-corrected chi connectivity index (χ1v) is 6.47. The number of hydrogen-bond acceptors (Lipinski definition) is 4. The normalized spacial score (nSPS) is 10.8. The Morgan fingerprint density at radius 3 is 2.95 bits per heavy atom. The molecule has 7 heteroatoms. The molecule has 1 aromatic carbocycles. The van der Waals surface area contributed by atoms with E-state index in [2.05, 4.69) is 15.3 Å². The summed E-state index contributed by atoms with van der Waals surface area (Å²) in [5, 5.41) is 3.02.